The number of esters is 1. The third-order valence-corrected chi connectivity index (χ3v) is 5.76. The van der Waals surface area contributed by atoms with Crippen molar-refractivity contribution in [1.82, 2.24) is 9.80 Å². The molecule has 1 saturated carbocycles. The molecule has 0 radical (unpaired) electrons. The van der Waals surface area contributed by atoms with Gasteiger partial charge in [-0.1, -0.05) is 6.42 Å². The van der Waals surface area contributed by atoms with Gasteiger partial charge in [-0.2, -0.15) is 0 Å². The van der Waals surface area contributed by atoms with Gasteiger partial charge in [0.1, 0.15) is 0 Å². The first-order valence-corrected chi connectivity index (χ1v) is 10.1. The lowest BCUT2D eigenvalue weighted by atomic mass is 9.87. The summed E-state index contributed by atoms with van der Waals surface area (Å²) in [6, 6.07) is 0. The summed E-state index contributed by atoms with van der Waals surface area (Å²) in [5.41, 5.74) is 0. The molecule has 1 aliphatic carbocycles. The Hall–Kier alpha value is -0.0700. The molecule has 0 spiro atoms. The van der Waals surface area contributed by atoms with E-state index in [1.807, 2.05) is 6.92 Å². The van der Waals surface area contributed by atoms with Gasteiger partial charge in [-0.25, -0.2) is 0 Å². The summed E-state index contributed by atoms with van der Waals surface area (Å²) < 4.78 is 11.8. The van der Waals surface area contributed by atoms with Crippen molar-refractivity contribution in [2.24, 2.45) is 5.92 Å². The molecule has 154 valence electrons. The second kappa shape index (κ2) is 12.4. The van der Waals surface area contributed by atoms with Crippen LogP contribution in [0.1, 0.15) is 64.7 Å². The van der Waals surface area contributed by atoms with Crippen molar-refractivity contribution >= 4 is 30.8 Å². The molecule has 2 saturated heterocycles. The van der Waals surface area contributed by atoms with E-state index < -0.39 is 0 Å². The third-order valence-electron chi connectivity index (χ3n) is 5.76. The third kappa shape index (κ3) is 6.52. The Labute approximate surface area is 171 Å². The molecular weight excluding hydrogens is 375 g/mol. The maximum atomic E-state index is 11.9. The second-order valence-electron chi connectivity index (χ2n) is 7.53. The first-order chi connectivity index (χ1) is 11.8. The minimum absolute atomic E-state index is 0. The maximum Gasteiger partial charge on any atom is 0.308 e. The van der Waals surface area contributed by atoms with E-state index in [1.54, 1.807) is 0 Å². The number of piperidine rings is 1. The molecule has 1 unspecified atom stereocenters. The predicted molar refractivity (Wildman–Crippen MR) is 108 cm³/mol. The van der Waals surface area contributed by atoms with Gasteiger partial charge in [-0.05, 0) is 58.3 Å². The van der Waals surface area contributed by atoms with E-state index >= 15 is 0 Å². The van der Waals surface area contributed by atoms with E-state index in [0.717, 1.165) is 25.7 Å². The Morgan fingerprint density at radius 3 is 1.88 bits per heavy atom. The van der Waals surface area contributed by atoms with Crippen LogP contribution in [0.2, 0.25) is 0 Å². The summed E-state index contributed by atoms with van der Waals surface area (Å²) in [5, 5.41) is 0. The van der Waals surface area contributed by atoms with Gasteiger partial charge in [-0.3, -0.25) is 14.6 Å². The largest absolute Gasteiger partial charge is 0.466 e. The summed E-state index contributed by atoms with van der Waals surface area (Å²) in [7, 11) is 0. The molecule has 1 atom stereocenters. The Morgan fingerprint density at radius 2 is 1.38 bits per heavy atom. The summed E-state index contributed by atoms with van der Waals surface area (Å²) in [4.78, 5) is 17.0. The minimum Gasteiger partial charge on any atom is -0.466 e. The van der Waals surface area contributed by atoms with Crippen LogP contribution >= 0.6 is 24.8 Å². The lowest BCUT2D eigenvalue weighted by molar-refractivity contribution is -0.188. The fraction of sp³-hybridized carbons (Fsp3) is 0.947. The zero-order valence-corrected chi connectivity index (χ0v) is 17.7. The van der Waals surface area contributed by atoms with E-state index in [-0.39, 0.29) is 43.1 Å². The molecule has 0 aromatic rings. The number of nitrogens with zero attached hydrogens (tertiary/aromatic N) is 2. The average molecular weight is 411 g/mol. The molecule has 3 aliphatic rings. The number of ether oxygens (including phenoxy) is 2. The SMILES string of the molecule is CCOC(=O)C1CCC(OC(N2CCCCC2)N2CCCC2)CC1.Cl.Cl. The molecule has 0 amide bonds. The van der Waals surface area contributed by atoms with Gasteiger partial charge in [0, 0.05) is 26.2 Å². The molecule has 2 aliphatic heterocycles. The number of hydrogen-bond acceptors (Lipinski definition) is 5. The Balaban J connectivity index is 0.00000169. The fourth-order valence-electron chi connectivity index (χ4n) is 4.37. The molecule has 3 rings (SSSR count). The van der Waals surface area contributed by atoms with Crippen molar-refractivity contribution in [3.63, 3.8) is 0 Å². The topological polar surface area (TPSA) is 42.0 Å². The summed E-state index contributed by atoms with van der Waals surface area (Å²) >= 11 is 0. The van der Waals surface area contributed by atoms with Crippen molar-refractivity contribution in [2.45, 2.75) is 77.2 Å². The van der Waals surface area contributed by atoms with Crippen molar-refractivity contribution in [3.8, 4) is 0 Å². The lowest BCUT2D eigenvalue weighted by Gasteiger charge is -2.42. The van der Waals surface area contributed by atoms with Gasteiger partial charge in [0.25, 0.3) is 0 Å². The number of halogens is 2. The summed E-state index contributed by atoms with van der Waals surface area (Å²) in [6.45, 7) is 7.03. The number of likely N-dealkylation sites (tertiary alicyclic amines) is 2. The van der Waals surface area contributed by atoms with Crippen molar-refractivity contribution < 1.29 is 14.3 Å². The van der Waals surface area contributed by atoms with Crippen LogP contribution in [0.15, 0.2) is 0 Å². The molecule has 5 nitrogen and oxygen atoms in total. The summed E-state index contributed by atoms with van der Waals surface area (Å²) in [6.07, 6.45) is 10.8. The van der Waals surface area contributed by atoms with Crippen LogP contribution in [0, 0.1) is 5.92 Å². The van der Waals surface area contributed by atoms with E-state index in [1.165, 1.54) is 58.3 Å². The smallest absolute Gasteiger partial charge is 0.308 e. The second-order valence-corrected chi connectivity index (χ2v) is 7.53. The van der Waals surface area contributed by atoms with Crippen LogP contribution in [0.25, 0.3) is 0 Å². The van der Waals surface area contributed by atoms with Gasteiger partial charge in [-0.15, -0.1) is 24.8 Å². The molecule has 0 bridgehead atoms. The molecule has 2 heterocycles. The van der Waals surface area contributed by atoms with Crippen LogP contribution < -0.4 is 0 Å². The van der Waals surface area contributed by atoms with Crippen molar-refractivity contribution in [3.05, 3.63) is 0 Å². The van der Waals surface area contributed by atoms with Gasteiger partial charge in [0.05, 0.1) is 18.6 Å². The monoisotopic (exact) mass is 410 g/mol. The van der Waals surface area contributed by atoms with Gasteiger partial charge in [0.2, 0.25) is 0 Å². The van der Waals surface area contributed by atoms with E-state index in [2.05, 4.69) is 9.80 Å². The van der Waals surface area contributed by atoms with Crippen LogP contribution in [-0.4, -0.2) is 61.0 Å². The Kier molecular flexibility index (Phi) is 11.4. The predicted octanol–water partition coefficient (Wildman–Crippen LogP) is 3.83. The van der Waals surface area contributed by atoms with Crippen LogP contribution in [0.4, 0.5) is 0 Å². The zero-order valence-electron chi connectivity index (χ0n) is 16.1. The number of carbonyl (C=O) groups excluding carboxylic acids is 1. The summed E-state index contributed by atoms with van der Waals surface area (Å²) in [5.74, 6) is 0.0769. The standard InChI is InChI=1S/C19H34N2O3.2ClH/c1-2-23-18(22)16-8-10-17(11-9-16)24-19(21-14-6-7-15-21)20-12-4-3-5-13-20;;/h16-17,19H,2-15H2,1H3;2*1H. The van der Waals surface area contributed by atoms with E-state index in [4.69, 9.17) is 9.47 Å². The normalized spacial score (nSPS) is 28.7. The minimum atomic E-state index is -0.0110. The lowest BCUT2D eigenvalue weighted by Crippen LogP contribution is -2.52. The number of rotatable bonds is 6. The number of hydrogen-bond donors (Lipinski definition) is 0. The van der Waals surface area contributed by atoms with E-state index in [0.29, 0.717) is 12.7 Å². The van der Waals surface area contributed by atoms with Gasteiger partial charge < -0.3 is 9.47 Å². The molecule has 7 heteroatoms. The van der Waals surface area contributed by atoms with Crippen molar-refractivity contribution in [1.29, 1.82) is 0 Å². The first kappa shape index (κ1) is 24.0. The quantitative estimate of drug-likeness (QED) is 0.622. The van der Waals surface area contributed by atoms with Gasteiger partial charge >= 0.3 is 5.97 Å². The molecule has 26 heavy (non-hydrogen) atoms. The van der Waals surface area contributed by atoms with Crippen LogP contribution in [0.5, 0.6) is 0 Å². The van der Waals surface area contributed by atoms with Crippen LogP contribution in [0.3, 0.4) is 0 Å². The molecule has 3 fully saturated rings. The zero-order chi connectivity index (χ0) is 16.8. The molecule has 0 aromatic carbocycles. The maximum absolute atomic E-state index is 11.9. The van der Waals surface area contributed by atoms with Gasteiger partial charge in [0.15, 0.2) is 6.35 Å². The highest BCUT2D eigenvalue weighted by atomic mass is 35.5. The van der Waals surface area contributed by atoms with Crippen LogP contribution in [-0.2, 0) is 14.3 Å². The Bertz CT molecular complexity index is 394. The molecule has 0 aromatic heterocycles. The van der Waals surface area contributed by atoms with E-state index in [9.17, 15) is 4.79 Å². The Morgan fingerprint density at radius 1 is 0.885 bits per heavy atom. The first-order valence-electron chi connectivity index (χ1n) is 10.1. The molecule has 0 N–H and O–H groups in total. The highest BCUT2D eigenvalue weighted by molar-refractivity contribution is 5.85. The average Bonchev–Trinajstić information content (AvgIpc) is 3.15. The number of carbonyl (C=O) groups is 1. The highest BCUT2D eigenvalue weighted by Gasteiger charge is 2.34. The molecular formula is C19H36Cl2N2O3. The highest BCUT2D eigenvalue weighted by Crippen LogP contribution is 2.30. The fourth-order valence-corrected chi connectivity index (χ4v) is 4.37. The van der Waals surface area contributed by atoms with Crippen molar-refractivity contribution in [2.75, 3.05) is 32.8 Å².